The molecule has 1 atom stereocenters. The molecule has 0 aliphatic carbocycles. The van der Waals surface area contributed by atoms with Crippen molar-refractivity contribution in [1.82, 2.24) is 20.0 Å². The van der Waals surface area contributed by atoms with Gasteiger partial charge in [0.15, 0.2) is 18.1 Å². The van der Waals surface area contributed by atoms with E-state index in [9.17, 15) is 4.79 Å². The average molecular weight is 505 g/mol. The Hall–Kier alpha value is -3.52. The van der Waals surface area contributed by atoms with Crippen molar-refractivity contribution >= 4 is 5.91 Å². The Labute approximate surface area is 218 Å². The van der Waals surface area contributed by atoms with E-state index >= 15 is 0 Å². The number of benzene rings is 2. The minimum Gasteiger partial charge on any atom is -0.483 e. The van der Waals surface area contributed by atoms with Crippen LogP contribution in [0.4, 0.5) is 0 Å². The normalized spacial score (nSPS) is 17.1. The molecule has 2 aliphatic heterocycles. The highest BCUT2D eigenvalue weighted by atomic mass is 16.7. The largest absolute Gasteiger partial charge is 0.483 e. The van der Waals surface area contributed by atoms with Gasteiger partial charge in [0.2, 0.25) is 6.79 Å². The molecule has 0 bridgehead atoms. The Balaban J connectivity index is 1.31. The van der Waals surface area contributed by atoms with E-state index < -0.39 is 0 Å². The highest BCUT2D eigenvalue weighted by Gasteiger charge is 2.20. The van der Waals surface area contributed by atoms with Gasteiger partial charge in [0.25, 0.3) is 5.91 Å². The van der Waals surface area contributed by atoms with Crippen LogP contribution in [0.3, 0.4) is 0 Å². The number of carbonyl (C=O) groups is 1. The second-order valence-corrected chi connectivity index (χ2v) is 10.2. The van der Waals surface area contributed by atoms with Crippen molar-refractivity contribution < 1.29 is 19.0 Å². The fraction of sp³-hybridized carbons (Fsp3) is 0.448. The lowest BCUT2D eigenvalue weighted by atomic mass is 9.98. The topological polar surface area (TPSA) is 77.9 Å². The number of aryl methyl sites for hydroxylation is 2. The predicted octanol–water partition coefficient (Wildman–Crippen LogP) is 4.36. The standard InChI is InChI=1S/C29H36N4O4/c1-19-6-5-11-33(15-19)16-24-12-22(23-8-10-27-28(13-23)37-18-36-27)7-9-26(24)35-17-29(34)30-14-25-20(2)31-32(4)21(25)3/h7-10,12-13,19H,5-6,11,14-18H2,1-4H3,(H,30,34). The number of fused-ring (bicyclic) bond motifs is 1. The maximum absolute atomic E-state index is 12.7. The molecule has 0 saturated carbocycles. The van der Waals surface area contributed by atoms with E-state index in [-0.39, 0.29) is 19.3 Å². The van der Waals surface area contributed by atoms with Crippen LogP contribution < -0.4 is 19.5 Å². The van der Waals surface area contributed by atoms with Crippen LogP contribution in [0.15, 0.2) is 36.4 Å². The van der Waals surface area contributed by atoms with E-state index in [1.807, 2.05) is 55.9 Å². The molecule has 1 unspecified atom stereocenters. The van der Waals surface area contributed by atoms with E-state index in [0.717, 1.165) is 70.5 Å². The summed E-state index contributed by atoms with van der Waals surface area (Å²) < 4.78 is 19.0. The van der Waals surface area contributed by atoms with Crippen molar-refractivity contribution in [2.75, 3.05) is 26.5 Å². The number of hydrogen-bond donors (Lipinski definition) is 1. The lowest BCUT2D eigenvalue weighted by Crippen LogP contribution is -2.34. The third-order valence-electron chi connectivity index (χ3n) is 7.38. The second kappa shape index (κ2) is 10.8. The summed E-state index contributed by atoms with van der Waals surface area (Å²) in [6.07, 6.45) is 2.47. The lowest BCUT2D eigenvalue weighted by Gasteiger charge is -2.31. The van der Waals surface area contributed by atoms with Gasteiger partial charge >= 0.3 is 0 Å². The van der Waals surface area contributed by atoms with E-state index in [1.165, 1.54) is 12.8 Å². The molecule has 2 aliphatic rings. The Morgan fingerprint density at radius 1 is 1.14 bits per heavy atom. The van der Waals surface area contributed by atoms with Crippen LogP contribution in [-0.2, 0) is 24.9 Å². The van der Waals surface area contributed by atoms with Gasteiger partial charge in [-0.3, -0.25) is 14.4 Å². The molecule has 2 aromatic carbocycles. The van der Waals surface area contributed by atoms with Gasteiger partial charge in [-0.2, -0.15) is 5.10 Å². The first-order valence-corrected chi connectivity index (χ1v) is 13.0. The highest BCUT2D eigenvalue weighted by Crippen LogP contribution is 2.37. The van der Waals surface area contributed by atoms with Gasteiger partial charge < -0.3 is 19.5 Å². The number of aromatic nitrogens is 2. The number of hydrogen-bond acceptors (Lipinski definition) is 6. The van der Waals surface area contributed by atoms with Gasteiger partial charge in [-0.05, 0) is 74.5 Å². The van der Waals surface area contributed by atoms with Crippen molar-refractivity contribution in [3.63, 3.8) is 0 Å². The Morgan fingerprint density at radius 2 is 1.92 bits per heavy atom. The van der Waals surface area contributed by atoms with Crippen LogP contribution in [0.2, 0.25) is 0 Å². The molecule has 1 aromatic heterocycles. The first-order valence-electron chi connectivity index (χ1n) is 13.0. The summed E-state index contributed by atoms with van der Waals surface area (Å²) in [7, 11) is 1.91. The molecular formula is C29H36N4O4. The molecular weight excluding hydrogens is 468 g/mol. The molecule has 1 saturated heterocycles. The smallest absolute Gasteiger partial charge is 0.258 e. The summed E-state index contributed by atoms with van der Waals surface area (Å²) in [4.78, 5) is 15.1. The van der Waals surface area contributed by atoms with Crippen molar-refractivity contribution in [1.29, 1.82) is 0 Å². The van der Waals surface area contributed by atoms with E-state index in [0.29, 0.717) is 12.5 Å². The summed E-state index contributed by atoms with van der Waals surface area (Å²) >= 11 is 0. The first-order chi connectivity index (χ1) is 17.9. The number of piperidine rings is 1. The zero-order chi connectivity index (χ0) is 25.9. The van der Waals surface area contributed by atoms with Crippen LogP contribution in [0.5, 0.6) is 17.2 Å². The average Bonchev–Trinajstić information content (AvgIpc) is 3.45. The molecule has 196 valence electrons. The molecule has 0 spiro atoms. The van der Waals surface area contributed by atoms with Crippen LogP contribution >= 0.6 is 0 Å². The summed E-state index contributed by atoms with van der Waals surface area (Å²) in [5.74, 6) is 2.81. The SMILES string of the molecule is Cc1nn(C)c(C)c1CNC(=O)COc1ccc(-c2ccc3c(c2)OCO3)cc1CN1CCCC(C)C1. The van der Waals surface area contributed by atoms with Gasteiger partial charge in [0.05, 0.1) is 5.69 Å². The third-order valence-corrected chi connectivity index (χ3v) is 7.38. The van der Waals surface area contributed by atoms with Gasteiger partial charge in [0.1, 0.15) is 5.75 Å². The third kappa shape index (κ3) is 5.74. The Bertz CT molecular complexity index is 1290. The summed E-state index contributed by atoms with van der Waals surface area (Å²) in [5, 5.41) is 7.40. The number of nitrogens with zero attached hydrogens (tertiary/aromatic N) is 3. The fourth-order valence-corrected chi connectivity index (χ4v) is 5.23. The maximum atomic E-state index is 12.7. The molecule has 1 amide bonds. The number of amides is 1. The van der Waals surface area contributed by atoms with Crippen LogP contribution in [0.1, 0.15) is 42.3 Å². The number of rotatable bonds is 8. The summed E-state index contributed by atoms with van der Waals surface area (Å²) in [5.41, 5.74) is 6.25. The van der Waals surface area contributed by atoms with Crippen molar-refractivity contribution in [2.24, 2.45) is 13.0 Å². The molecule has 8 nitrogen and oxygen atoms in total. The number of ether oxygens (including phenoxy) is 3. The molecule has 8 heteroatoms. The molecule has 1 N–H and O–H groups in total. The maximum Gasteiger partial charge on any atom is 0.258 e. The van der Waals surface area contributed by atoms with E-state index in [1.54, 1.807) is 0 Å². The van der Waals surface area contributed by atoms with Crippen LogP contribution in [0, 0.1) is 19.8 Å². The predicted molar refractivity (Wildman–Crippen MR) is 142 cm³/mol. The second-order valence-electron chi connectivity index (χ2n) is 10.2. The fourth-order valence-electron chi connectivity index (χ4n) is 5.23. The number of nitrogens with one attached hydrogen (secondary N) is 1. The Morgan fingerprint density at radius 3 is 2.70 bits per heavy atom. The molecule has 37 heavy (non-hydrogen) atoms. The minimum absolute atomic E-state index is 0.0366. The molecule has 3 aromatic rings. The zero-order valence-corrected chi connectivity index (χ0v) is 22.2. The van der Waals surface area contributed by atoms with Crippen LogP contribution in [-0.4, -0.2) is 47.1 Å². The number of carbonyl (C=O) groups excluding carboxylic acids is 1. The monoisotopic (exact) mass is 504 g/mol. The zero-order valence-electron chi connectivity index (χ0n) is 22.2. The van der Waals surface area contributed by atoms with E-state index in [2.05, 4.69) is 28.3 Å². The Kier molecular flexibility index (Phi) is 7.37. The van der Waals surface area contributed by atoms with E-state index in [4.69, 9.17) is 14.2 Å². The number of likely N-dealkylation sites (tertiary alicyclic amines) is 1. The summed E-state index contributed by atoms with van der Waals surface area (Å²) in [6.45, 7) is 9.86. The lowest BCUT2D eigenvalue weighted by molar-refractivity contribution is -0.123. The minimum atomic E-state index is -0.153. The van der Waals surface area contributed by atoms with Gasteiger partial charge in [-0.15, -0.1) is 0 Å². The molecule has 1 fully saturated rings. The van der Waals surface area contributed by atoms with Gasteiger partial charge in [-0.25, -0.2) is 0 Å². The quantitative estimate of drug-likeness (QED) is 0.491. The molecule has 5 rings (SSSR count). The van der Waals surface area contributed by atoms with Crippen molar-refractivity contribution in [3.05, 3.63) is 58.9 Å². The highest BCUT2D eigenvalue weighted by molar-refractivity contribution is 5.77. The summed E-state index contributed by atoms with van der Waals surface area (Å²) in [6, 6.07) is 12.2. The first kappa shape index (κ1) is 25.1. The van der Waals surface area contributed by atoms with Gasteiger partial charge in [-0.1, -0.05) is 19.1 Å². The van der Waals surface area contributed by atoms with Gasteiger partial charge in [0, 0.05) is 43.5 Å². The van der Waals surface area contributed by atoms with Crippen LogP contribution in [0.25, 0.3) is 11.1 Å². The molecule has 3 heterocycles. The van der Waals surface area contributed by atoms with Crippen molar-refractivity contribution in [3.8, 4) is 28.4 Å². The van der Waals surface area contributed by atoms with Crippen molar-refractivity contribution in [2.45, 2.75) is 46.7 Å². The molecule has 0 radical (unpaired) electrons.